The molecule has 0 N–H and O–H groups in total. The Morgan fingerprint density at radius 1 is 0.393 bits per heavy atom. The van der Waals surface area contributed by atoms with Crippen LogP contribution >= 0.6 is 11.8 Å². The average molecular weight is 732 g/mol. The summed E-state index contributed by atoms with van der Waals surface area (Å²) in [5.41, 5.74) is 14.8. The second kappa shape index (κ2) is 12.1. The van der Waals surface area contributed by atoms with E-state index in [4.69, 9.17) is 4.42 Å². The second-order valence-corrected chi connectivity index (χ2v) is 15.9. The van der Waals surface area contributed by atoms with Gasteiger partial charge in [0.15, 0.2) is 0 Å². The maximum atomic E-state index is 6.44. The van der Waals surface area contributed by atoms with Crippen LogP contribution in [0.15, 0.2) is 214 Å². The molecule has 2 aliphatic rings. The molecule has 0 fully saturated rings. The monoisotopic (exact) mass is 731 g/mol. The first-order valence-electron chi connectivity index (χ1n) is 19.2. The van der Waals surface area contributed by atoms with E-state index in [1.165, 1.54) is 53.9 Å². The van der Waals surface area contributed by atoms with E-state index in [0.717, 1.165) is 50.1 Å². The highest BCUT2D eigenvalue weighted by molar-refractivity contribution is 7.99. The lowest BCUT2D eigenvalue weighted by atomic mass is 9.67. The number of nitrogens with zero attached hydrogens (tertiary/aromatic N) is 1. The molecule has 0 atom stereocenters. The first kappa shape index (κ1) is 31.5. The number of para-hydroxylation sites is 3. The minimum atomic E-state index is -0.485. The Morgan fingerprint density at radius 3 is 1.77 bits per heavy atom. The maximum absolute atomic E-state index is 6.44. The number of hydrogen-bond acceptors (Lipinski definition) is 3. The summed E-state index contributed by atoms with van der Waals surface area (Å²) in [5.74, 6) is 0. The normalized spacial score (nSPS) is 13.4. The molecule has 0 unspecified atom stereocenters. The van der Waals surface area contributed by atoms with Crippen LogP contribution in [0.2, 0.25) is 0 Å². The van der Waals surface area contributed by atoms with Crippen molar-refractivity contribution in [3.63, 3.8) is 0 Å². The molecule has 1 aliphatic carbocycles. The number of anilines is 3. The Balaban J connectivity index is 1.06. The molecule has 56 heavy (non-hydrogen) atoms. The van der Waals surface area contributed by atoms with E-state index >= 15 is 0 Å². The van der Waals surface area contributed by atoms with E-state index in [0.29, 0.717) is 0 Å². The van der Waals surface area contributed by atoms with Gasteiger partial charge in [0.05, 0.1) is 5.41 Å². The molecule has 0 saturated heterocycles. The van der Waals surface area contributed by atoms with E-state index in [2.05, 4.69) is 193 Å². The third-order valence-corrected chi connectivity index (χ3v) is 13.0. The van der Waals surface area contributed by atoms with Crippen molar-refractivity contribution in [3.8, 4) is 22.3 Å². The Labute approximate surface area is 329 Å². The highest BCUT2D eigenvalue weighted by Gasteiger charge is 2.50. The van der Waals surface area contributed by atoms with Gasteiger partial charge in [0, 0.05) is 43.2 Å². The number of hydrogen-bond donors (Lipinski definition) is 0. The van der Waals surface area contributed by atoms with E-state index in [9.17, 15) is 0 Å². The molecule has 0 radical (unpaired) electrons. The standard InChI is InChI=1S/C53H33NOS/c1-2-15-37(16-3-1)54(38-27-25-34(26-28-38)40-20-12-21-44-43-19-8-11-24-49(43)55-52(40)44)39-29-30-50-48(33-39)53(47-31-35-13-4-5-14-36(35)32-51(47)56-50)45-22-9-6-17-41(45)42-18-7-10-23-46(42)53/h1-33H. The minimum absolute atomic E-state index is 0.485. The SMILES string of the molecule is c1ccc(N(c2ccc(-c3cccc4c3oc3ccccc34)cc2)c2ccc3c(c2)C2(c4cc5ccccc5cc4S3)c3ccccc3-c3ccccc32)cc1. The highest BCUT2D eigenvalue weighted by atomic mass is 32.2. The van der Waals surface area contributed by atoms with Gasteiger partial charge in [-0.05, 0) is 110 Å². The van der Waals surface area contributed by atoms with Crippen LogP contribution in [-0.4, -0.2) is 0 Å². The van der Waals surface area contributed by atoms with Crippen LogP contribution in [0.1, 0.15) is 22.3 Å². The predicted octanol–water partition coefficient (Wildman–Crippen LogP) is 14.7. The molecule has 0 bridgehead atoms. The van der Waals surface area contributed by atoms with E-state index in [1.807, 2.05) is 23.9 Å². The largest absolute Gasteiger partial charge is 0.455 e. The van der Waals surface area contributed by atoms with Gasteiger partial charge in [-0.15, -0.1) is 0 Å². The van der Waals surface area contributed by atoms with Gasteiger partial charge in [-0.3, -0.25) is 0 Å². The Bertz CT molecular complexity index is 3130. The van der Waals surface area contributed by atoms with E-state index < -0.39 is 5.41 Å². The zero-order chi connectivity index (χ0) is 36.8. The van der Waals surface area contributed by atoms with Gasteiger partial charge in [0.25, 0.3) is 0 Å². The molecule has 10 aromatic rings. The fraction of sp³-hybridized carbons (Fsp3) is 0.0189. The molecule has 2 heterocycles. The molecule has 3 heteroatoms. The van der Waals surface area contributed by atoms with Crippen LogP contribution in [0.3, 0.4) is 0 Å². The van der Waals surface area contributed by atoms with Crippen LogP contribution < -0.4 is 4.90 Å². The fourth-order valence-corrected chi connectivity index (χ4v) is 10.7. The quantitative estimate of drug-likeness (QED) is 0.179. The van der Waals surface area contributed by atoms with Crippen molar-refractivity contribution in [2.24, 2.45) is 0 Å². The van der Waals surface area contributed by atoms with Gasteiger partial charge in [-0.1, -0.05) is 151 Å². The van der Waals surface area contributed by atoms with Gasteiger partial charge in [-0.2, -0.15) is 0 Å². The summed E-state index contributed by atoms with van der Waals surface area (Å²) in [6, 6.07) is 73.3. The number of fused-ring (bicyclic) bond motifs is 13. The van der Waals surface area contributed by atoms with Gasteiger partial charge in [0.2, 0.25) is 0 Å². The predicted molar refractivity (Wildman–Crippen MR) is 233 cm³/mol. The van der Waals surface area contributed by atoms with Crippen LogP contribution in [0.4, 0.5) is 17.1 Å². The van der Waals surface area contributed by atoms with E-state index in [-0.39, 0.29) is 0 Å². The molecule has 2 nitrogen and oxygen atoms in total. The summed E-state index contributed by atoms with van der Waals surface area (Å²) >= 11 is 1.89. The van der Waals surface area contributed by atoms with Crippen molar-refractivity contribution in [1.82, 2.24) is 0 Å². The third-order valence-electron chi connectivity index (χ3n) is 11.9. The lowest BCUT2D eigenvalue weighted by molar-refractivity contribution is 0.670. The first-order valence-corrected chi connectivity index (χ1v) is 20.0. The molecule has 1 aromatic heterocycles. The van der Waals surface area contributed by atoms with Crippen LogP contribution in [0.25, 0.3) is 55.0 Å². The highest BCUT2D eigenvalue weighted by Crippen LogP contribution is 2.63. The fourth-order valence-electron chi connectivity index (χ4n) is 9.50. The molecule has 12 rings (SSSR count). The van der Waals surface area contributed by atoms with Gasteiger partial charge >= 0.3 is 0 Å². The lowest BCUT2D eigenvalue weighted by Crippen LogP contribution is -2.32. The number of furan rings is 1. The van der Waals surface area contributed by atoms with Crippen molar-refractivity contribution in [1.29, 1.82) is 0 Å². The summed E-state index contributed by atoms with van der Waals surface area (Å²) in [6.45, 7) is 0. The third kappa shape index (κ3) is 4.46. The minimum Gasteiger partial charge on any atom is -0.455 e. The summed E-state index contributed by atoms with van der Waals surface area (Å²) < 4.78 is 6.44. The summed E-state index contributed by atoms with van der Waals surface area (Å²) in [4.78, 5) is 4.99. The van der Waals surface area contributed by atoms with Crippen LogP contribution in [0, 0.1) is 0 Å². The molecule has 0 amide bonds. The maximum Gasteiger partial charge on any atom is 0.143 e. The summed E-state index contributed by atoms with van der Waals surface area (Å²) in [6.07, 6.45) is 0. The Morgan fingerprint density at radius 2 is 0.982 bits per heavy atom. The lowest BCUT2D eigenvalue weighted by Gasteiger charge is -2.40. The number of benzene rings is 9. The average Bonchev–Trinajstić information content (AvgIpc) is 3.79. The van der Waals surface area contributed by atoms with Crippen molar-refractivity contribution in [2.75, 3.05) is 4.90 Å². The molecule has 262 valence electrons. The van der Waals surface area contributed by atoms with Crippen molar-refractivity contribution in [2.45, 2.75) is 15.2 Å². The van der Waals surface area contributed by atoms with Gasteiger partial charge in [0.1, 0.15) is 11.2 Å². The Hall–Kier alpha value is -6.81. The summed E-state index contributed by atoms with van der Waals surface area (Å²) in [7, 11) is 0. The Kier molecular flexibility index (Phi) is 6.81. The van der Waals surface area contributed by atoms with Gasteiger partial charge < -0.3 is 9.32 Å². The smallest absolute Gasteiger partial charge is 0.143 e. The number of rotatable bonds is 4. The topological polar surface area (TPSA) is 16.4 Å². The molecule has 9 aromatic carbocycles. The molecular formula is C53H33NOS. The van der Waals surface area contributed by atoms with Gasteiger partial charge in [-0.25, -0.2) is 0 Å². The molecule has 1 spiro atoms. The zero-order valence-corrected chi connectivity index (χ0v) is 31.1. The molecule has 1 aliphatic heterocycles. The van der Waals surface area contributed by atoms with Crippen LogP contribution in [0.5, 0.6) is 0 Å². The van der Waals surface area contributed by atoms with Crippen molar-refractivity contribution >= 4 is 61.5 Å². The van der Waals surface area contributed by atoms with Crippen molar-refractivity contribution < 1.29 is 4.42 Å². The molecular weight excluding hydrogens is 699 g/mol. The first-order chi connectivity index (χ1) is 27.8. The second-order valence-electron chi connectivity index (χ2n) is 14.8. The van der Waals surface area contributed by atoms with E-state index in [1.54, 1.807) is 0 Å². The summed E-state index contributed by atoms with van der Waals surface area (Å²) in [5, 5.41) is 4.81. The van der Waals surface area contributed by atoms with Crippen LogP contribution in [-0.2, 0) is 5.41 Å². The van der Waals surface area contributed by atoms with Crippen molar-refractivity contribution in [3.05, 3.63) is 222 Å². The zero-order valence-electron chi connectivity index (χ0n) is 30.3. The molecule has 0 saturated carbocycles.